The topological polar surface area (TPSA) is 98.8 Å². The molecule has 0 bridgehead atoms. The smallest absolute Gasteiger partial charge is 0.229 e. The van der Waals surface area contributed by atoms with Crippen molar-refractivity contribution in [1.29, 1.82) is 0 Å². The van der Waals surface area contributed by atoms with Gasteiger partial charge in [0.2, 0.25) is 5.95 Å². The van der Waals surface area contributed by atoms with E-state index in [4.69, 9.17) is 14.7 Å². The quantitative estimate of drug-likeness (QED) is 0.468. The molecule has 5 heterocycles. The summed E-state index contributed by atoms with van der Waals surface area (Å²) in [6.45, 7) is 3.40. The molecule has 4 aromatic heterocycles. The number of thiazole rings is 1. The van der Waals surface area contributed by atoms with Crippen LogP contribution in [0.3, 0.4) is 0 Å². The van der Waals surface area contributed by atoms with Crippen molar-refractivity contribution in [3.63, 3.8) is 0 Å². The van der Waals surface area contributed by atoms with Crippen LogP contribution in [0.25, 0.3) is 16.9 Å². The minimum Gasteiger partial charge on any atom is -0.378 e. The molecule has 0 radical (unpaired) electrons. The van der Waals surface area contributed by atoms with Gasteiger partial charge in [0.05, 0.1) is 41.6 Å². The van der Waals surface area contributed by atoms with Gasteiger partial charge in [-0.25, -0.2) is 9.97 Å². The first kappa shape index (κ1) is 18.5. The number of hydrogen-bond acceptors (Lipinski definition) is 9. The third-order valence-corrected chi connectivity index (χ3v) is 6.06. The van der Waals surface area contributed by atoms with Crippen molar-refractivity contribution < 1.29 is 4.74 Å². The number of anilines is 2. The van der Waals surface area contributed by atoms with Gasteiger partial charge in [0.1, 0.15) is 11.3 Å². The summed E-state index contributed by atoms with van der Waals surface area (Å²) in [5, 5.41) is 8.61. The first-order valence-corrected chi connectivity index (χ1v) is 10.7. The number of halogens is 1. The van der Waals surface area contributed by atoms with Crippen LogP contribution in [-0.2, 0) is 18.3 Å². The first-order valence-electron chi connectivity index (χ1n) is 9.08. The molecule has 0 atom stereocenters. The van der Waals surface area contributed by atoms with Gasteiger partial charge in [0.25, 0.3) is 0 Å². The fraction of sp³-hybridized carbons (Fsp3) is 0.353. The molecule has 0 spiro atoms. The summed E-state index contributed by atoms with van der Waals surface area (Å²) in [5.41, 5.74) is 2.34. The van der Waals surface area contributed by atoms with E-state index in [-0.39, 0.29) is 0 Å². The number of fused-ring (bicyclic) bond motifs is 1. The molecule has 1 N–H and O–H groups in total. The number of nitrogens with one attached hydrogen (secondary N) is 1. The van der Waals surface area contributed by atoms with Gasteiger partial charge in [-0.1, -0.05) is 0 Å². The molecule has 5 rings (SSSR count). The number of hydrogen-bond donors (Lipinski definition) is 1. The fourth-order valence-electron chi connectivity index (χ4n) is 3.17. The predicted molar refractivity (Wildman–Crippen MR) is 114 cm³/mol. The Kier molecular flexibility index (Phi) is 4.89. The van der Waals surface area contributed by atoms with E-state index in [1.165, 1.54) is 0 Å². The molecule has 29 heavy (non-hydrogen) atoms. The largest absolute Gasteiger partial charge is 0.378 e. The highest BCUT2D eigenvalue weighted by atomic mass is 79.9. The third-order valence-electron chi connectivity index (χ3n) is 4.58. The minimum absolute atomic E-state index is 0.560. The Morgan fingerprint density at radius 2 is 2.07 bits per heavy atom. The van der Waals surface area contributed by atoms with Gasteiger partial charge in [-0.2, -0.15) is 15.1 Å². The lowest BCUT2D eigenvalue weighted by molar-refractivity contribution is 0.122. The van der Waals surface area contributed by atoms with Crippen molar-refractivity contribution in [3.8, 4) is 5.69 Å². The van der Waals surface area contributed by atoms with E-state index in [0.717, 1.165) is 33.2 Å². The van der Waals surface area contributed by atoms with E-state index in [1.54, 1.807) is 34.7 Å². The van der Waals surface area contributed by atoms with E-state index >= 15 is 0 Å². The number of aryl methyl sites for hydroxylation is 1. The highest BCUT2D eigenvalue weighted by Gasteiger charge is 2.20. The Bertz CT molecular complexity index is 1150. The second kappa shape index (κ2) is 7.69. The van der Waals surface area contributed by atoms with Gasteiger partial charge in [0.15, 0.2) is 17.0 Å². The van der Waals surface area contributed by atoms with Crippen LogP contribution >= 0.6 is 27.3 Å². The van der Waals surface area contributed by atoms with Crippen LogP contribution in [0.4, 0.5) is 11.8 Å². The van der Waals surface area contributed by atoms with Crippen molar-refractivity contribution in [2.75, 3.05) is 36.5 Å². The number of imidazole rings is 1. The molecule has 0 amide bonds. The summed E-state index contributed by atoms with van der Waals surface area (Å²) in [6, 6.07) is 0. The van der Waals surface area contributed by atoms with Crippen LogP contribution in [0.15, 0.2) is 28.7 Å². The van der Waals surface area contributed by atoms with Crippen molar-refractivity contribution in [2.45, 2.75) is 6.54 Å². The zero-order valence-electron chi connectivity index (χ0n) is 15.6. The minimum atomic E-state index is 0.560. The van der Waals surface area contributed by atoms with Gasteiger partial charge in [-0.3, -0.25) is 9.25 Å². The molecular formula is C17H18BrN9OS. The van der Waals surface area contributed by atoms with Crippen molar-refractivity contribution in [2.24, 2.45) is 7.05 Å². The zero-order chi connectivity index (χ0) is 19.8. The van der Waals surface area contributed by atoms with E-state index in [9.17, 15) is 0 Å². The molecule has 0 unspecified atom stereocenters. The van der Waals surface area contributed by atoms with E-state index in [0.29, 0.717) is 37.0 Å². The monoisotopic (exact) mass is 475 g/mol. The van der Waals surface area contributed by atoms with E-state index < -0.39 is 0 Å². The molecule has 1 aliphatic rings. The van der Waals surface area contributed by atoms with Gasteiger partial charge in [-0.05, 0) is 15.9 Å². The number of ether oxygens (including phenoxy) is 1. The molecule has 1 saturated heterocycles. The lowest BCUT2D eigenvalue weighted by Crippen LogP contribution is -2.37. The highest BCUT2D eigenvalue weighted by molar-refractivity contribution is 9.11. The molecular weight excluding hydrogens is 458 g/mol. The second-order valence-electron chi connectivity index (χ2n) is 6.54. The molecule has 10 nitrogen and oxygen atoms in total. The number of aromatic nitrogens is 7. The molecule has 4 aromatic rings. The van der Waals surface area contributed by atoms with Gasteiger partial charge in [-0.15, -0.1) is 11.3 Å². The van der Waals surface area contributed by atoms with Crippen molar-refractivity contribution >= 4 is 50.2 Å². The van der Waals surface area contributed by atoms with Crippen molar-refractivity contribution in [3.05, 3.63) is 33.7 Å². The summed E-state index contributed by atoms with van der Waals surface area (Å²) in [4.78, 5) is 20.7. The van der Waals surface area contributed by atoms with Crippen LogP contribution < -0.4 is 10.2 Å². The van der Waals surface area contributed by atoms with Crippen LogP contribution in [0.2, 0.25) is 0 Å². The van der Waals surface area contributed by atoms with Crippen LogP contribution in [0, 0.1) is 0 Å². The maximum absolute atomic E-state index is 5.47. The Morgan fingerprint density at radius 1 is 1.21 bits per heavy atom. The maximum Gasteiger partial charge on any atom is 0.229 e. The first-order chi connectivity index (χ1) is 14.2. The van der Waals surface area contributed by atoms with Crippen LogP contribution in [-0.4, -0.2) is 60.6 Å². The molecule has 0 aliphatic carbocycles. The number of rotatable bonds is 5. The Balaban J connectivity index is 1.56. The van der Waals surface area contributed by atoms with Gasteiger partial charge >= 0.3 is 0 Å². The SMILES string of the molecule is Cn1cc(-n2cnc3c(NCc4ncc(Br)s4)nc(N4CCOCC4)nc32)cn1. The lowest BCUT2D eigenvalue weighted by Gasteiger charge is -2.27. The summed E-state index contributed by atoms with van der Waals surface area (Å²) < 4.78 is 10.2. The second-order valence-corrected chi connectivity index (χ2v) is 9.04. The van der Waals surface area contributed by atoms with Gasteiger partial charge < -0.3 is 15.0 Å². The van der Waals surface area contributed by atoms with E-state index in [1.807, 2.05) is 17.8 Å². The lowest BCUT2D eigenvalue weighted by atomic mass is 10.4. The molecule has 1 fully saturated rings. The predicted octanol–water partition coefficient (Wildman–Crippen LogP) is 2.22. The Hall–Kier alpha value is -2.57. The third kappa shape index (κ3) is 3.70. The molecule has 0 aromatic carbocycles. The van der Waals surface area contributed by atoms with E-state index in [2.05, 4.69) is 41.2 Å². The molecule has 0 saturated carbocycles. The van der Waals surface area contributed by atoms with Gasteiger partial charge in [0, 0.05) is 26.3 Å². The summed E-state index contributed by atoms with van der Waals surface area (Å²) in [6.07, 6.45) is 7.27. The fourth-order valence-corrected chi connectivity index (χ4v) is 4.41. The average Bonchev–Trinajstić information content (AvgIpc) is 3.46. The normalized spacial score (nSPS) is 14.6. The highest BCUT2D eigenvalue weighted by Crippen LogP contribution is 2.26. The maximum atomic E-state index is 5.47. The average molecular weight is 476 g/mol. The number of nitrogens with zero attached hydrogens (tertiary/aromatic N) is 8. The standard InChI is InChI=1S/C17H18BrN9OS/c1-25-9-11(6-22-25)27-10-21-14-15(20-8-13-19-7-12(18)29-13)23-17(24-16(14)27)26-2-4-28-5-3-26/h6-7,9-10H,2-5,8H2,1H3,(H,20,23,24). The Morgan fingerprint density at radius 3 is 2.79 bits per heavy atom. The summed E-state index contributed by atoms with van der Waals surface area (Å²) in [7, 11) is 1.88. The van der Waals surface area contributed by atoms with Crippen LogP contribution in [0.5, 0.6) is 0 Å². The zero-order valence-corrected chi connectivity index (χ0v) is 18.0. The molecule has 12 heteroatoms. The molecule has 150 valence electrons. The Labute approximate surface area is 178 Å². The summed E-state index contributed by atoms with van der Waals surface area (Å²) >= 11 is 5.04. The van der Waals surface area contributed by atoms with Crippen molar-refractivity contribution in [1.82, 2.24) is 34.3 Å². The summed E-state index contributed by atoms with van der Waals surface area (Å²) in [5.74, 6) is 1.35. The number of morpholine rings is 1. The van der Waals surface area contributed by atoms with Crippen LogP contribution in [0.1, 0.15) is 5.01 Å². The molecule has 1 aliphatic heterocycles.